The van der Waals surface area contributed by atoms with E-state index in [1.807, 2.05) is 6.07 Å². The summed E-state index contributed by atoms with van der Waals surface area (Å²) in [6.07, 6.45) is 6.57. The third kappa shape index (κ3) is 2.20. The van der Waals surface area contributed by atoms with E-state index in [0.717, 1.165) is 23.3 Å². The molecule has 1 heterocycles. The van der Waals surface area contributed by atoms with Gasteiger partial charge in [-0.2, -0.15) is 0 Å². The normalized spacial score (nSPS) is 16.3. The Kier molecular flexibility index (Phi) is 3.06. The van der Waals surface area contributed by atoms with Gasteiger partial charge in [0.05, 0.1) is 4.88 Å². The van der Waals surface area contributed by atoms with E-state index in [9.17, 15) is 4.79 Å². The Balaban J connectivity index is 2.23. The molecule has 0 amide bonds. The van der Waals surface area contributed by atoms with Crippen LogP contribution < -0.4 is 0 Å². The first-order valence-corrected chi connectivity index (χ1v) is 6.31. The number of ketones is 1. The summed E-state index contributed by atoms with van der Waals surface area (Å²) in [6.45, 7) is 4.14. The Labute approximate surface area is 94.8 Å². The minimum atomic E-state index is 0.260. The second kappa shape index (κ2) is 4.31. The molecule has 1 nitrogen and oxygen atoms in total. The van der Waals surface area contributed by atoms with Crippen LogP contribution in [0.25, 0.3) is 0 Å². The van der Waals surface area contributed by atoms with Crippen LogP contribution >= 0.6 is 11.3 Å². The SMILES string of the molecule is Cc1cc(C(=O)C2=CCCCC2)sc1C. The van der Waals surface area contributed by atoms with Gasteiger partial charge >= 0.3 is 0 Å². The summed E-state index contributed by atoms with van der Waals surface area (Å²) in [5.74, 6) is 0.260. The third-order valence-electron chi connectivity index (χ3n) is 2.97. The molecule has 1 aliphatic rings. The molecule has 80 valence electrons. The van der Waals surface area contributed by atoms with Crippen LogP contribution in [0.1, 0.15) is 45.8 Å². The summed E-state index contributed by atoms with van der Waals surface area (Å²) >= 11 is 1.63. The van der Waals surface area contributed by atoms with Crippen LogP contribution in [0.4, 0.5) is 0 Å². The molecule has 15 heavy (non-hydrogen) atoms. The van der Waals surface area contributed by atoms with E-state index in [2.05, 4.69) is 19.9 Å². The molecule has 0 fully saturated rings. The molecule has 1 aromatic heterocycles. The van der Waals surface area contributed by atoms with E-state index in [-0.39, 0.29) is 5.78 Å². The minimum absolute atomic E-state index is 0.260. The number of Topliss-reactive ketones (excluding diaryl/α,β-unsaturated/α-hetero) is 1. The Bertz CT molecular complexity index is 393. The molecule has 2 heteroatoms. The van der Waals surface area contributed by atoms with Crippen LogP contribution in [0, 0.1) is 13.8 Å². The van der Waals surface area contributed by atoms with E-state index >= 15 is 0 Å². The van der Waals surface area contributed by atoms with Gasteiger partial charge in [0.1, 0.15) is 0 Å². The number of carbonyl (C=O) groups is 1. The third-order valence-corrected chi connectivity index (χ3v) is 4.12. The van der Waals surface area contributed by atoms with Crippen molar-refractivity contribution < 1.29 is 4.79 Å². The molecule has 0 unspecified atom stereocenters. The lowest BCUT2D eigenvalue weighted by Gasteiger charge is -2.09. The van der Waals surface area contributed by atoms with Gasteiger partial charge in [-0.3, -0.25) is 4.79 Å². The number of rotatable bonds is 2. The molecular formula is C13H16OS. The highest BCUT2D eigenvalue weighted by Gasteiger charge is 2.16. The zero-order valence-electron chi connectivity index (χ0n) is 9.30. The average Bonchev–Trinajstić information content (AvgIpc) is 2.59. The molecule has 0 saturated heterocycles. The maximum atomic E-state index is 12.1. The summed E-state index contributed by atoms with van der Waals surface area (Å²) in [5, 5.41) is 0. The lowest BCUT2D eigenvalue weighted by atomic mass is 9.96. The molecule has 0 radical (unpaired) electrons. The summed E-state index contributed by atoms with van der Waals surface area (Å²) < 4.78 is 0. The molecule has 0 aliphatic heterocycles. The van der Waals surface area contributed by atoms with Crippen molar-refractivity contribution in [3.63, 3.8) is 0 Å². The lowest BCUT2D eigenvalue weighted by molar-refractivity contribution is 0.103. The van der Waals surface area contributed by atoms with Crippen molar-refractivity contribution in [3.05, 3.63) is 33.0 Å². The van der Waals surface area contributed by atoms with Gasteiger partial charge < -0.3 is 0 Å². The number of carbonyl (C=O) groups excluding carboxylic acids is 1. The van der Waals surface area contributed by atoms with Gasteiger partial charge in [0.15, 0.2) is 5.78 Å². The molecule has 0 aromatic carbocycles. The molecule has 0 saturated carbocycles. The standard InChI is InChI=1S/C13H16OS/c1-9-8-12(15-10(9)2)13(14)11-6-4-3-5-7-11/h6,8H,3-5,7H2,1-2H3. The van der Waals surface area contributed by atoms with Gasteiger partial charge in [0.2, 0.25) is 0 Å². The highest BCUT2D eigenvalue weighted by molar-refractivity contribution is 7.14. The highest BCUT2D eigenvalue weighted by Crippen LogP contribution is 2.27. The molecule has 2 rings (SSSR count). The maximum Gasteiger partial charge on any atom is 0.198 e. The van der Waals surface area contributed by atoms with Gasteiger partial charge in [0, 0.05) is 4.88 Å². The topological polar surface area (TPSA) is 17.1 Å². The second-order valence-electron chi connectivity index (χ2n) is 4.15. The van der Waals surface area contributed by atoms with Crippen molar-refractivity contribution in [2.75, 3.05) is 0 Å². The van der Waals surface area contributed by atoms with Crippen LogP contribution in [-0.2, 0) is 0 Å². The first-order valence-electron chi connectivity index (χ1n) is 5.49. The number of thiophene rings is 1. The summed E-state index contributed by atoms with van der Waals surface area (Å²) in [4.78, 5) is 14.3. The first-order chi connectivity index (χ1) is 7.18. The summed E-state index contributed by atoms with van der Waals surface area (Å²) in [7, 11) is 0. The van der Waals surface area contributed by atoms with Gasteiger partial charge in [-0.05, 0) is 56.7 Å². The Morgan fingerprint density at radius 3 is 2.67 bits per heavy atom. The summed E-state index contributed by atoms with van der Waals surface area (Å²) in [5.41, 5.74) is 2.27. The Morgan fingerprint density at radius 1 is 1.33 bits per heavy atom. The average molecular weight is 220 g/mol. The van der Waals surface area contributed by atoms with E-state index in [0.29, 0.717) is 0 Å². The van der Waals surface area contributed by atoms with Crippen molar-refractivity contribution in [1.29, 1.82) is 0 Å². The predicted molar refractivity (Wildman–Crippen MR) is 64.7 cm³/mol. The van der Waals surface area contributed by atoms with E-state index < -0.39 is 0 Å². The van der Waals surface area contributed by atoms with Crippen LogP contribution in [0.15, 0.2) is 17.7 Å². The van der Waals surface area contributed by atoms with Crippen molar-refractivity contribution in [3.8, 4) is 0 Å². The number of aryl methyl sites for hydroxylation is 2. The number of allylic oxidation sites excluding steroid dienone is 2. The smallest absolute Gasteiger partial charge is 0.198 e. The predicted octanol–water partition coefficient (Wildman–Crippen LogP) is 4.05. The molecule has 1 aromatic rings. The molecule has 0 N–H and O–H groups in total. The van der Waals surface area contributed by atoms with Crippen molar-refractivity contribution in [2.45, 2.75) is 39.5 Å². The van der Waals surface area contributed by atoms with Crippen LogP contribution in [0.2, 0.25) is 0 Å². The molecular weight excluding hydrogens is 204 g/mol. The number of hydrogen-bond acceptors (Lipinski definition) is 2. The fourth-order valence-electron chi connectivity index (χ4n) is 1.89. The Morgan fingerprint density at radius 2 is 2.13 bits per heavy atom. The van der Waals surface area contributed by atoms with Gasteiger partial charge in [-0.1, -0.05) is 6.08 Å². The molecule has 0 atom stereocenters. The van der Waals surface area contributed by atoms with Crippen LogP contribution in [-0.4, -0.2) is 5.78 Å². The largest absolute Gasteiger partial charge is 0.288 e. The van der Waals surface area contributed by atoms with Crippen LogP contribution in [0.5, 0.6) is 0 Å². The monoisotopic (exact) mass is 220 g/mol. The summed E-state index contributed by atoms with van der Waals surface area (Å²) in [6, 6.07) is 2.03. The number of hydrogen-bond donors (Lipinski definition) is 0. The lowest BCUT2D eigenvalue weighted by Crippen LogP contribution is -2.04. The zero-order chi connectivity index (χ0) is 10.8. The van der Waals surface area contributed by atoms with Crippen LogP contribution in [0.3, 0.4) is 0 Å². The van der Waals surface area contributed by atoms with E-state index in [1.54, 1.807) is 11.3 Å². The van der Waals surface area contributed by atoms with Crippen molar-refractivity contribution in [2.24, 2.45) is 0 Å². The molecule has 0 bridgehead atoms. The molecule has 0 spiro atoms. The molecule has 1 aliphatic carbocycles. The van der Waals surface area contributed by atoms with E-state index in [1.165, 1.54) is 23.3 Å². The highest BCUT2D eigenvalue weighted by atomic mass is 32.1. The van der Waals surface area contributed by atoms with Gasteiger partial charge in [-0.15, -0.1) is 11.3 Å². The maximum absolute atomic E-state index is 12.1. The fraction of sp³-hybridized carbons (Fsp3) is 0.462. The van der Waals surface area contributed by atoms with Gasteiger partial charge in [0.25, 0.3) is 0 Å². The first kappa shape index (κ1) is 10.6. The van der Waals surface area contributed by atoms with E-state index in [4.69, 9.17) is 0 Å². The zero-order valence-corrected chi connectivity index (χ0v) is 10.1. The second-order valence-corrected chi connectivity index (χ2v) is 5.41. The van der Waals surface area contributed by atoms with Gasteiger partial charge in [-0.25, -0.2) is 0 Å². The van der Waals surface area contributed by atoms with Crippen molar-refractivity contribution >= 4 is 17.1 Å². The fourth-order valence-corrected chi connectivity index (χ4v) is 2.90. The minimum Gasteiger partial charge on any atom is -0.288 e. The Hall–Kier alpha value is -0.890. The van der Waals surface area contributed by atoms with Crippen molar-refractivity contribution in [1.82, 2.24) is 0 Å². The quantitative estimate of drug-likeness (QED) is 0.687.